The van der Waals surface area contributed by atoms with Crippen molar-refractivity contribution in [2.24, 2.45) is 0 Å². The predicted octanol–water partition coefficient (Wildman–Crippen LogP) is 0.376. The standard InChI is InChI=1S/C9H16N4/c1-8(9-11-2-3-12-9)13-6-4-10-5-7-13/h2-3,8,10H,4-7H2,1H3,(H,11,12). The third-order valence-corrected chi connectivity index (χ3v) is 2.61. The minimum Gasteiger partial charge on any atom is -0.347 e. The molecule has 1 fully saturated rings. The van der Waals surface area contributed by atoms with Crippen LogP contribution in [0, 0.1) is 0 Å². The van der Waals surface area contributed by atoms with Crippen LogP contribution in [0.4, 0.5) is 0 Å². The monoisotopic (exact) mass is 180 g/mol. The summed E-state index contributed by atoms with van der Waals surface area (Å²) in [5.41, 5.74) is 0. The summed E-state index contributed by atoms with van der Waals surface area (Å²) in [5, 5.41) is 3.34. The molecule has 4 nitrogen and oxygen atoms in total. The van der Waals surface area contributed by atoms with Gasteiger partial charge in [0.25, 0.3) is 0 Å². The minimum absolute atomic E-state index is 0.414. The van der Waals surface area contributed by atoms with Crippen LogP contribution in [-0.2, 0) is 0 Å². The van der Waals surface area contributed by atoms with Crippen LogP contribution < -0.4 is 5.32 Å². The maximum absolute atomic E-state index is 4.27. The van der Waals surface area contributed by atoms with Crippen molar-refractivity contribution in [3.05, 3.63) is 18.2 Å². The van der Waals surface area contributed by atoms with Crippen LogP contribution in [0.5, 0.6) is 0 Å². The van der Waals surface area contributed by atoms with Crippen LogP contribution in [0.3, 0.4) is 0 Å². The number of aromatic amines is 1. The van der Waals surface area contributed by atoms with Crippen molar-refractivity contribution in [3.8, 4) is 0 Å². The van der Waals surface area contributed by atoms with Gasteiger partial charge in [-0.1, -0.05) is 0 Å². The van der Waals surface area contributed by atoms with E-state index < -0.39 is 0 Å². The first-order valence-electron chi connectivity index (χ1n) is 4.82. The number of hydrogen-bond acceptors (Lipinski definition) is 3. The molecule has 0 aliphatic carbocycles. The van der Waals surface area contributed by atoms with Gasteiger partial charge in [-0.05, 0) is 6.92 Å². The number of H-pyrrole nitrogens is 1. The number of nitrogens with zero attached hydrogens (tertiary/aromatic N) is 2. The van der Waals surface area contributed by atoms with E-state index in [0.717, 1.165) is 32.0 Å². The molecule has 0 saturated carbocycles. The number of imidazole rings is 1. The second-order valence-corrected chi connectivity index (χ2v) is 3.44. The predicted molar refractivity (Wildman–Crippen MR) is 51.4 cm³/mol. The molecular weight excluding hydrogens is 164 g/mol. The summed E-state index contributed by atoms with van der Waals surface area (Å²) in [5.74, 6) is 1.07. The summed E-state index contributed by atoms with van der Waals surface area (Å²) in [6, 6.07) is 0.414. The molecule has 2 heterocycles. The van der Waals surface area contributed by atoms with Gasteiger partial charge in [0.05, 0.1) is 6.04 Å². The molecule has 2 rings (SSSR count). The van der Waals surface area contributed by atoms with Gasteiger partial charge in [0.15, 0.2) is 0 Å². The van der Waals surface area contributed by atoms with Crippen molar-refractivity contribution in [2.75, 3.05) is 26.2 Å². The van der Waals surface area contributed by atoms with Gasteiger partial charge < -0.3 is 10.3 Å². The van der Waals surface area contributed by atoms with Crippen LogP contribution in [0.2, 0.25) is 0 Å². The first kappa shape index (κ1) is 8.72. The van der Waals surface area contributed by atoms with E-state index in [1.807, 2.05) is 12.4 Å². The summed E-state index contributed by atoms with van der Waals surface area (Å²) >= 11 is 0. The van der Waals surface area contributed by atoms with Crippen LogP contribution in [0.25, 0.3) is 0 Å². The Bertz CT molecular complexity index is 238. The molecule has 1 unspecified atom stereocenters. The maximum atomic E-state index is 4.27. The fraction of sp³-hybridized carbons (Fsp3) is 0.667. The van der Waals surface area contributed by atoms with Crippen LogP contribution in [0.15, 0.2) is 12.4 Å². The highest BCUT2D eigenvalue weighted by Crippen LogP contribution is 2.15. The minimum atomic E-state index is 0.414. The molecule has 1 atom stereocenters. The molecule has 1 aromatic heterocycles. The van der Waals surface area contributed by atoms with Gasteiger partial charge in [-0.2, -0.15) is 0 Å². The topological polar surface area (TPSA) is 44.0 Å². The highest BCUT2D eigenvalue weighted by molar-refractivity contribution is 4.95. The number of nitrogens with one attached hydrogen (secondary N) is 2. The van der Waals surface area contributed by atoms with Crippen molar-refractivity contribution in [3.63, 3.8) is 0 Å². The largest absolute Gasteiger partial charge is 0.347 e. The summed E-state index contributed by atoms with van der Waals surface area (Å²) in [7, 11) is 0. The third-order valence-electron chi connectivity index (χ3n) is 2.61. The maximum Gasteiger partial charge on any atom is 0.123 e. The number of piperazine rings is 1. The Morgan fingerprint density at radius 2 is 2.23 bits per heavy atom. The van der Waals surface area contributed by atoms with E-state index in [-0.39, 0.29) is 0 Å². The highest BCUT2D eigenvalue weighted by Gasteiger charge is 2.18. The molecule has 1 aliphatic heterocycles. The quantitative estimate of drug-likeness (QED) is 0.691. The van der Waals surface area contributed by atoms with Crippen LogP contribution in [-0.4, -0.2) is 41.0 Å². The Kier molecular flexibility index (Phi) is 2.61. The third kappa shape index (κ3) is 1.89. The Hall–Kier alpha value is -0.870. The van der Waals surface area contributed by atoms with Gasteiger partial charge in [-0.3, -0.25) is 4.90 Å². The first-order chi connectivity index (χ1) is 6.38. The molecule has 0 bridgehead atoms. The average Bonchev–Trinajstić information content (AvgIpc) is 2.71. The molecule has 4 heteroatoms. The highest BCUT2D eigenvalue weighted by atomic mass is 15.2. The normalized spacial score (nSPS) is 21.6. The van der Waals surface area contributed by atoms with E-state index in [2.05, 4.69) is 27.1 Å². The lowest BCUT2D eigenvalue weighted by Crippen LogP contribution is -2.44. The molecule has 13 heavy (non-hydrogen) atoms. The zero-order chi connectivity index (χ0) is 9.10. The molecule has 0 amide bonds. The summed E-state index contributed by atoms with van der Waals surface area (Å²) in [6.45, 7) is 6.60. The molecular formula is C9H16N4. The second kappa shape index (κ2) is 3.89. The molecule has 1 aromatic rings. The van der Waals surface area contributed by atoms with Crippen LogP contribution >= 0.6 is 0 Å². The lowest BCUT2D eigenvalue weighted by molar-refractivity contribution is 0.180. The zero-order valence-corrected chi connectivity index (χ0v) is 7.95. The van der Waals surface area contributed by atoms with Crippen molar-refractivity contribution in [1.82, 2.24) is 20.2 Å². The smallest absolute Gasteiger partial charge is 0.123 e. The van der Waals surface area contributed by atoms with E-state index >= 15 is 0 Å². The van der Waals surface area contributed by atoms with Gasteiger partial charge >= 0.3 is 0 Å². The Morgan fingerprint density at radius 3 is 2.85 bits per heavy atom. The molecule has 2 N–H and O–H groups in total. The molecule has 1 aliphatic rings. The van der Waals surface area contributed by atoms with E-state index in [4.69, 9.17) is 0 Å². The van der Waals surface area contributed by atoms with E-state index in [1.165, 1.54) is 0 Å². The first-order valence-corrected chi connectivity index (χ1v) is 4.82. The Balaban J connectivity index is 1.99. The van der Waals surface area contributed by atoms with Gasteiger partial charge in [-0.15, -0.1) is 0 Å². The molecule has 1 saturated heterocycles. The van der Waals surface area contributed by atoms with Crippen LogP contribution in [0.1, 0.15) is 18.8 Å². The van der Waals surface area contributed by atoms with E-state index in [0.29, 0.717) is 6.04 Å². The molecule has 0 aromatic carbocycles. The average molecular weight is 180 g/mol. The summed E-state index contributed by atoms with van der Waals surface area (Å²) in [6.07, 6.45) is 3.70. The van der Waals surface area contributed by atoms with Crippen molar-refractivity contribution in [1.29, 1.82) is 0 Å². The Morgan fingerprint density at radius 1 is 1.46 bits per heavy atom. The van der Waals surface area contributed by atoms with Gasteiger partial charge in [-0.25, -0.2) is 4.98 Å². The lowest BCUT2D eigenvalue weighted by atomic mass is 10.2. The summed E-state index contributed by atoms with van der Waals surface area (Å²) < 4.78 is 0. The Labute approximate surface area is 78.4 Å². The molecule has 0 spiro atoms. The fourth-order valence-electron chi connectivity index (χ4n) is 1.75. The van der Waals surface area contributed by atoms with Gasteiger partial charge in [0.1, 0.15) is 5.82 Å². The van der Waals surface area contributed by atoms with Gasteiger partial charge in [0.2, 0.25) is 0 Å². The van der Waals surface area contributed by atoms with Crippen molar-refractivity contribution >= 4 is 0 Å². The number of rotatable bonds is 2. The lowest BCUT2D eigenvalue weighted by Gasteiger charge is -2.31. The number of aromatic nitrogens is 2. The van der Waals surface area contributed by atoms with E-state index in [9.17, 15) is 0 Å². The van der Waals surface area contributed by atoms with Crippen molar-refractivity contribution in [2.45, 2.75) is 13.0 Å². The fourth-order valence-corrected chi connectivity index (χ4v) is 1.75. The second-order valence-electron chi connectivity index (χ2n) is 3.44. The van der Waals surface area contributed by atoms with Gasteiger partial charge in [0, 0.05) is 38.6 Å². The molecule has 0 radical (unpaired) electrons. The summed E-state index contributed by atoms with van der Waals surface area (Å²) in [4.78, 5) is 9.87. The van der Waals surface area contributed by atoms with Crippen molar-refractivity contribution < 1.29 is 0 Å². The SMILES string of the molecule is CC(c1ncc[nH]1)N1CCNCC1. The number of hydrogen-bond donors (Lipinski definition) is 2. The van der Waals surface area contributed by atoms with E-state index in [1.54, 1.807) is 0 Å². The molecule has 72 valence electrons. The zero-order valence-electron chi connectivity index (χ0n) is 7.95.